The van der Waals surface area contributed by atoms with Crippen LogP contribution >= 0.6 is 15.9 Å². The average Bonchev–Trinajstić information content (AvgIpc) is 2.40. The van der Waals surface area contributed by atoms with Crippen LogP contribution < -0.4 is 5.32 Å². The maximum Gasteiger partial charge on any atom is 0.305 e. The van der Waals surface area contributed by atoms with Crippen molar-refractivity contribution in [3.8, 4) is 11.1 Å². The second-order valence-electron chi connectivity index (χ2n) is 3.87. The molecule has 0 saturated heterocycles. The van der Waals surface area contributed by atoms with E-state index in [1.165, 1.54) is 0 Å². The summed E-state index contributed by atoms with van der Waals surface area (Å²) in [7, 11) is 0. The van der Waals surface area contributed by atoms with Crippen molar-refractivity contribution in [2.75, 3.05) is 11.9 Å². The molecule has 98 valence electrons. The zero-order chi connectivity index (χ0) is 13.7. The van der Waals surface area contributed by atoms with Gasteiger partial charge in [0.1, 0.15) is 0 Å². The number of aromatic nitrogens is 2. The first-order chi connectivity index (χ1) is 9.15. The quantitative estimate of drug-likeness (QED) is 0.885. The van der Waals surface area contributed by atoms with Crippen LogP contribution in [0, 0.1) is 0 Å². The maximum atomic E-state index is 10.4. The van der Waals surface area contributed by atoms with Crippen molar-refractivity contribution in [1.82, 2.24) is 9.97 Å². The van der Waals surface area contributed by atoms with Gasteiger partial charge < -0.3 is 10.4 Å². The molecule has 0 unspecified atom stereocenters. The minimum atomic E-state index is -0.848. The molecule has 19 heavy (non-hydrogen) atoms. The van der Waals surface area contributed by atoms with Crippen LogP contribution in [0.25, 0.3) is 11.1 Å². The van der Waals surface area contributed by atoms with Gasteiger partial charge in [-0.2, -0.15) is 0 Å². The molecule has 0 saturated carbocycles. The number of halogens is 1. The Balaban J connectivity index is 2.02. The number of anilines is 1. The Morgan fingerprint density at radius 2 is 1.79 bits per heavy atom. The van der Waals surface area contributed by atoms with Crippen LogP contribution in [0.5, 0.6) is 0 Å². The van der Waals surface area contributed by atoms with Gasteiger partial charge in [-0.25, -0.2) is 9.97 Å². The number of aliphatic carboxylic acids is 1. The molecule has 0 aliphatic rings. The molecule has 5 nitrogen and oxygen atoms in total. The van der Waals surface area contributed by atoms with Gasteiger partial charge in [0, 0.05) is 29.0 Å². The molecule has 6 heteroatoms. The third-order valence-electron chi connectivity index (χ3n) is 2.45. The second-order valence-corrected chi connectivity index (χ2v) is 4.79. The first-order valence-electron chi connectivity index (χ1n) is 5.69. The van der Waals surface area contributed by atoms with E-state index in [0.29, 0.717) is 12.5 Å². The normalized spacial score (nSPS) is 10.2. The van der Waals surface area contributed by atoms with Gasteiger partial charge in [0.2, 0.25) is 5.95 Å². The molecule has 0 spiro atoms. The summed E-state index contributed by atoms with van der Waals surface area (Å²) in [6, 6.07) is 7.85. The van der Waals surface area contributed by atoms with Gasteiger partial charge in [-0.1, -0.05) is 28.1 Å². The average molecular weight is 322 g/mol. The topological polar surface area (TPSA) is 75.1 Å². The molecule has 0 fully saturated rings. The minimum Gasteiger partial charge on any atom is -0.481 e. The summed E-state index contributed by atoms with van der Waals surface area (Å²) in [5.74, 6) is -0.416. The standard InChI is InChI=1S/C13H12BrN3O2/c14-11-3-1-9(2-4-11)10-7-16-13(17-8-10)15-6-5-12(18)19/h1-4,7-8H,5-6H2,(H,18,19)(H,15,16,17). The van der Waals surface area contributed by atoms with Gasteiger partial charge in [0.05, 0.1) is 6.42 Å². The maximum absolute atomic E-state index is 10.4. The van der Waals surface area contributed by atoms with Gasteiger partial charge in [-0.05, 0) is 17.7 Å². The fourth-order valence-corrected chi connectivity index (χ4v) is 1.76. The van der Waals surface area contributed by atoms with E-state index in [4.69, 9.17) is 5.11 Å². The van der Waals surface area contributed by atoms with Crippen molar-refractivity contribution in [3.05, 3.63) is 41.1 Å². The highest BCUT2D eigenvalue weighted by molar-refractivity contribution is 9.10. The third-order valence-corrected chi connectivity index (χ3v) is 2.98. The molecule has 0 atom stereocenters. The number of nitrogens with one attached hydrogen (secondary N) is 1. The molecular formula is C13H12BrN3O2. The van der Waals surface area contributed by atoms with Crippen LogP contribution in [0.3, 0.4) is 0 Å². The van der Waals surface area contributed by atoms with E-state index in [1.54, 1.807) is 12.4 Å². The Labute approximate surface area is 118 Å². The zero-order valence-corrected chi connectivity index (χ0v) is 11.6. The first kappa shape index (κ1) is 13.5. The lowest BCUT2D eigenvalue weighted by Crippen LogP contribution is -2.09. The summed E-state index contributed by atoms with van der Waals surface area (Å²) in [6.07, 6.45) is 3.45. The fourth-order valence-electron chi connectivity index (χ4n) is 1.49. The van der Waals surface area contributed by atoms with Crippen molar-refractivity contribution < 1.29 is 9.90 Å². The summed E-state index contributed by atoms with van der Waals surface area (Å²) in [6.45, 7) is 0.312. The molecule has 1 aromatic heterocycles. The van der Waals surface area contributed by atoms with Crippen molar-refractivity contribution >= 4 is 27.8 Å². The van der Waals surface area contributed by atoms with Crippen molar-refractivity contribution in [2.45, 2.75) is 6.42 Å². The molecule has 0 amide bonds. The highest BCUT2D eigenvalue weighted by Crippen LogP contribution is 2.20. The lowest BCUT2D eigenvalue weighted by atomic mass is 10.1. The van der Waals surface area contributed by atoms with Crippen molar-refractivity contribution in [2.24, 2.45) is 0 Å². The van der Waals surface area contributed by atoms with E-state index >= 15 is 0 Å². The lowest BCUT2D eigenvalue weighted by Gasteiger charge is -2.04. The third kappa shape index (κ3) is 4.03. The molecule has 2 N–H and O–H groups in total. The van der Waals surface area contributed by atoms with E-state index in [9.17, 15) is 4.79 Å². The summed E-state index contributed by atoms with van der Waals surface area (Å²) in [5, 5.41) is 11.4. The monoisotopic (exact) mass is 321 g/mol. The Kier molecular flexibility index (Phi) is 4.46. The summed E-state index contributed by atoms with van der Waals surface area (Å²) < 4.78 is 1.02. The van der Waals surface area contributed by atoms with E-state index in [0.717, 1.165) is 15.6 Å². The number of carbonyl (C=O) groups is 1. The second kappa shape index (κ2) is 6.29. The van der Waals surface area contributed by atoms with Crippen LogP contribution in [0.2, 0.25) is 0 Å². The SMILES string of the molecule is O=C(O)CCNc1ncc(-c2ccc(Br)cc2)cn1. The van der Waals surface area contributed by atoms with Gasteiger partial charge in [0.15, 0.2) is 0 Å². The molecule has 0 radical (unpaired) electrons. The predicted octanol–water partition coefficient (Wildman–Crippen LogP) is 2.79. The molecule has 0 aliphatic heterocycles. The van der Waals surface area contributed by atoms with Crippen LogP contribution in [0.4, 0.5) is 5.95 Å². The largest absolute Gasteiger partial charge is 0.481 e. The molecule has 1 heterocycles. The summed E-state index contributed by atoms with van der Waals surface area (Å²) >= 11 is 3.38. The zero-order valence-electron chi connectivity index (χ0n) is 10.0. The molecule has 0 bridgehead atoms. The minimum absolute atomic E-state index is 0.0395. The van der Waals surface area contributed by atoms with E-state index in [1.807, 2.05) is 24.3 Å². The summed E-state index contributed by atoms with van der Waals surface area (Å²) in [5.41, 5.74) is 1.94. The number of benzene rings is 1. The van der Waals surface area contributed by atoms with E-state index < -0.39 is 5.97 Å². The van der Waals surface area contributed by atoms with Crippen molar-refractivity contribution in [3.63, 3.8) is 0 Å². The Morgan fingerprint density at radius 3 is 2.37 bits per heavy atom. The van der Waals surface area contributed by atoms with E-state index in [-0.39, 0.29) is 6.42 Å². The van der Waals surface area contributed by atoms with Crippen LogP contribution in [-0.4, -0.2) is 27.6 Å². The number of rotatable bonds is 5. The lowest BCUT2D eigenvalue weighted by molar-refractivity contribution is -0.136. The first-order valence-corrected chi connectivity index (χ1v) is 6.48. The van der Waals surface area contributed by atoms with Gasteiger partial charge in [-0.15, -0.1) is 0 Å². The number of carboxylic acids is 1. The van der Waals surface area contributed by atoms with Gasteiger partial charge in [0.25, 0.3) is 0 Å². The van der Waals surface area contributed by atoms with Crippen LogP contribution in [-0.2, 0) is 4.79 Å². The molecule has 0 aliphatic carbocycles. The highest BCUT2D eigenvalue weighted by atomic mass is 79.9. The van der Waals surface area contributed by atoms with Gasteiger partial charge >= 0.3 is 5.97 Å². The molecule has 1 aromatic carbocycles. The highest BCUT2D eigenvalue weighted by Gasteiger charge is 2.01. The number of nitrogens with zero attached hydrogens (tertiary/aromatic N) is 2. The van der Waals surface area contributed by atoms with E-state index in [2.05, 4.69) is 31.2 Å². The molecule has 2 rings (SSSR count). The Bertz CT molecular complexity index is 555. The number of hydrogen-bond acceptors (Lipinski definition) is 4. The Morgan fingerprint density at radius 1 is 1.16 bits per heavy atom. The fraction of sp³-hybridized carbons (Fsp3) is 0.154. The number of carboxylic acid groups (broad SMARTS) is 1. The smallest absolute Gasteiger partial charge is 0.305 e. The predicted molar refractivity (Wildman–Crippen MR) is 75.9 cm³/mol. The number of hydrogen-bond donors (Lipinski definition) is 2. The Hall–Kier alpha value is -1.95. The summed E-state index contributed by atoms with van der Waals surface area (Å²) in [4.78, 5) is 18.7. The molecule has 2 aromatic rings. The molecular weight excluding hydrogens is 310 g/mol. The van der Waals surface area contributed by atoms with Crippen molar-refractivity contribution in [1.29, 1.82) is 0 Å². The van der Waals surface area contributed by atoms with Gasteiger partial charge in [-0.3, -0.25) is 4.79 Å². The van der Waals surface area contributed by atoms with Crippen LogP contribution in [0.15, 0.2) is 41.1 Å². The van der Waals surface area contributed by atoms with Crippen LogP contribution in [0.1, 0.15) is 6.42 Å².